The molecule has 176 valence electrons. The minimum Gasteiger partial charge on any atom is -0.340 e. The zero-order valence-corrected chi connectivity index (χ0v) is 19.7. The number of nitrogens with zero attached hydrogens (tertiary/aromatic N) is 5. The van der Waals surface area contributed by atoms with Crippen molar-refractivity contribution in [2.24, 2.45) is 0 Å². The molecule has 0 aliphatic rings. The van der Waals surface area contributed by atoms with Gasteiger partial charge >= 0.3 is 0 Å². The van der Waals surface area contributed by atoms with Gasteiger partial charge in [0.1, 0.15) is 18.5 Å². The molecule has 4 rings (SSSR count). The summed E-state index contributed by atoms with van der Waals surface area (Å²) in [5, 5.41) is 10.5. The molecule has 10 nitrogen and oxygen atoms in total. The molecular formula is C23H26N8O2S. The van der Waals surface area contributed by atoms with Crippen LogP contribution >= 0.6 is 0 Å². The van der Waals surface area contributed by atoms with E-state index in [-0.39, 0.29) is 4.90 Å². The number of benzene rings is 2. The first-order chi connectivity index (χ1) is 16.4. The van der Waals surface area contributed by atoms with E-state index < -0.39 is 10.0 Å². The highest BCUT2D eigenvalue weighted by atomic mass is 32.2. The number of rotatable bonds is 10. The lowest BCUT2D eigenvalue weighted by atomic mass is 10.3. The molecule has 0 unspecified atom stereocenters. The lowest BCUT2D eigenvalue weighted by molar-refractivity contribution is 0.578. The van der Waals surface area contributed by atoms with Gasteiger partial charge in [0.2, 0.25) is 16.0 Å². The Bertz CT molecular complexity index is 1340. The van der Waals surface area contributed by atoms with Crippen LogP contribution in [0.25, 0.3) is 5.69 Å². The summed E-state index contributed by atoms with van der Waals surface area (Å²) >= 11 is 0. The second-order valence-electron chi connectivity index (χ2n) is 7.64. The summed E-state index contributed by atoms with van der Waals surface area (Å²) in [5.41, 5.74) is 3.13. The van der Waals surface area contributed by atoms with Crippen molar-refractivity contribution >= 4 is 33.2 Å². The molecule has 0 aliphatic carbocycles. The lowest BCUT2D eigenvalue weighted by Gasteiger charge is -2.12. The number of aromatic nitrogens is 5. The van der Waals surface area contributed by atoms with E-state index in [1.807, 2.05) is 38.1 Å². The first kappa shape index (κ1) is 23.3. The normalized spacial score (nSPS) is 11.4. The van der Waals surface area contributed by atoms with E-state index in [1.54, 1.807) is 41.5 Å². The van der Waals surface area contributed by atoms with E-state index in [9.17, 15) is 8.42 Å². The lowest BCUT2D eigenvalue weighted by Crippen LogP contribution is -2.24. The molecule has 0 spiro atoms. The van der Waals surface area contributed by atoms with Gasteiger partial charge in [0.05, 0.1) is 10.6 Å². The molecular weight excluding hydrogens is 452 g/mol. The Kier molecular flexibility index (Phi) is 7.14. The van der Waals surface area contributed by atoms with Crippen molar-refractivity contribution in [2.45, 2.75) is 31.6 Å². The summed E-state index contributed by atoms with van der Waals surface area (Å²) in [7, 11) is -3.57. The van der Waals surface area contributed by atoms with Gasteiger partial charge in [-0.1, -0.05) is 19.4 Å². The average Bonchev–Trinajstić information content (AvgIpc) is 3.37. The molecule has 3 N–H and O–H groups in total. The molecule has 0 saturated carbocycles. The number of hydrogen-bond donors (Lipinski definition) is 3. The highest BCUT2D eigenvalue weighted by molar-refractivity contribution is 7.89. The number of hydrogen-bond acceptors (Lipinski definition) is 8. The third-order valence-corrected chi connectivity index (χ3v) is 6.47. The minimum absolute atomic E-state index is 0.200. The third-order valence-electron chi connectivity index (χ3n) is 5.01. The predicted molar refractivity (Wildman–Crippen MR) is 131 cm³/mol. The Morgan fingerprint density at radius 1 is 1.03 bits per heavy atom. The largest absolute Gasteiger partial charge is 0.340 e. The summed E-state index contributed by atoms with van der Waals surface area (Å²) in [4.78, 5) is 13.1. The summed E-state index contributed by atoms with van der Waals surface area (Å²) in [6.45, 7) is 4.31. The van der Waals surface area contributed by atoms with Crippen molar-refractivity contribution < 1.29 is 8.42 Å². The number of aryl methyl sites for hydroxylation is 1. The van der Waals surface area contributed by atoms with Crippen LogP contribution in [0, 0.1) is 6.92 Å². The molecule has 0 saturated heterocycles. The van der Waals surface area contributed by atoms with Gasteiger partial charge in [-0.2, -0.15) is 10.1 Å². The summed E-state index contributed by atoms with van der Waals surface area (Å²) in [5.74, 6) is 0.983. The van der Waals surface area contributed by atoms with Crippen molar-refractivity contribution in [2.75, 3.05) is 17.2 Å². The van der Waals surface area contributed by atoms with Gasteiger partial charge in [0.15, 0.2) is 0 Å². The van der Waals surface area contributed by atoms with E-state index in [0.717, 1.165) is 29.8 Å². The quantitative estimate of drug-likeness (QED) is 0.293. The zero-order chi connectivity index (χ0) is 24.0. The monoisotopic (exact) mass is 478 g/mol. The van der Waals surface area contributed by atoms with Crippen LogP contribution in [0.15, 0.2) is 72.3 Å². The second-order valence-corrected chi connectivity index (χ2v) is 9.41. The van der Waals surface area contributed by atoms with Crippen molar-refractivity contribution in [3.63, 3.8) is 0 Å². The average molecular weight is 479 g/mol. The molecule has 2 aromatic heterocycles. The molecule has 11 heteroatoms. The summed E-state index contributed by atoms with van der Waals surface area (Å²) in [6.07, 6.45) is 6.52. The van der Waals surface area contributed by atoms with Crippen LogP contribution in [0.2, 0.25) is 0 Å². The smallest absolute Gasteiger partial charge is 0.240 e. The maximum Gasteiger partial charge on any atom is 0.240 e. The molecule has 2 aromatic carbocycles. The zero-order valence-electron chi connectivity index (χ0n) is 18.9. The van der Waals surface area contributed by atoms with Crippen LogP contribution in [0.3, 0.4) is 0 Å². The van der Waals surface area contributed by atoms with Crippen LogP contribution in [-0.2, 0) is 10.0 Å². The van der Waals surface area contributed by atoms with Crippen molar-refractivity contribution in [3.05, 3.63) is 72.9 Å². The Morgan fingerprint density at radius 3 is 2.59 bits per heavy atom. The van der Waals surface area contributed by atoms with Crippen molar-refractivity contribution in [1.29, 1.82) is 0 Å². The standard InChI is InChI=1S/C23H26N8O2S/c1-3-4-12-27-34(32,33)21-7-5-6-19(13-21)28-22-17(2)14-25-23(30-22)29-18-8-10-20(11-9-18)31-16-24-15-26-31/h5-11,13-16,27H,3-4,12H2,1-2H3,(H2,25,28,29,30). The summed E-state index contributed by atoms with van der Waals surface area (Å²) < 4.78 is 29.4. The minimum atomic E-state index is -3.57. The van der Waals surface area contributed by atoms with Gasteiger partial charge in [-0.05, 0) is 55.8 Å². The maximum atomic E-state index is 12.6. The Hall–Kier alpha value is -3.83. The fraction of sp³-hybridized carbons (Fsp3) is 0.217. The fourth-order valence-electron chi connectivity index (χ4n) is 3.14. The Balaban J connectivity index is 1.48. The number of sulfonamides is 1. The molecule has 0 aliphatic heterocycles. The highest BCUT2D eigenvalue weighted by Crippen LogP contribution is 2.23. The predicted octanol–water partition coefficient (Wildman–Crippen LogP) is 3.93. The molecule has 0 bridgehead atoms. The van der Waals surface area contributed by atoms with E-state index in [0.29, 0.717) is 24.0 Å². The van der Waals surface area contributed by atoms with E-state index >= 15 is 0 Å². The molecule has 0 amide bonds. The third kappa shape index (κ3) is 5.74. The topological polar surface area (TPSA) is 127 Å². The molecule has 34 heavy (non-hydrogen) atoms. The summed E-state index contributed by atoms with van der Waals surface area (Å²) in [6, 6.07) is 14.3. The van der Waals surface area contributed by atoms with Gasteiger partial charge in [-0.15, -0.1) is 0 Å². The van der Waals surface area contributed by atoms with E-state index in [4.69, 9.17) is 0 Å². The first-order valence-electron chi connectivity index (χ1n) is 10.9. The van der Waals surface area contributed by atoms with Gasteiger partial charge in [-0.25, -0.2) is 27.8 Å². The van der Waals surface area contributed by atoms with Crippen molar-refractivity contribution in [1.82, 2.24) is 29.5 Å². The van der Waals surface area contributed by atoms with Crippen LogP contribution in [0.4, 0.5) is 23.1 Å². The van der Waals surface area contributed by atoms with Gasteiger partial charge in [0, 0.05) is 29.7 Å². The number of unbranched alkanes of at least 4 members (excludes halogenated alkanes) is 1. The van der Waals surface area contributed by atoms with Crippen LogP contribution in [0.5, 0.6) is 0 Å². The molecule has 4 aromatic rings. The Labute approximate surface area is 198 Å². The fourth-order valence-corrected chi connectivity index (χ4v) is 4.26. The van der Waals surface area contributed by atoms with Gasteiger partial charge in [-0.3, -0.25) is 0 Å². The van der Waals surface area contributed by atoms with Crippen LogP contribution < -0.4 is 15.4 Å². The molecule has 2 heterocycles. The van der Waals surface area contributed by atoms with E-state index in [2.05, 4.69) is 35.4 Å². The van der Waals surface area contributed by atoms with Gasteiger partial charge in [0.25, 0.3) is 0 Å². The van der Waals surface area contributed by atoms with Gasteiger partial charge < -0.3 is 10.6 Å². The van der Waals surface area contributed by atoms with Crippen LogP contribution in [0.1, 0.15) is 25.3 Å². The highest BCUT2D eigenvalue weighted by Gasteiger charge is 2.14. The van der Waals surface area contributed by atoms with Crippen LogP contribution in [-0.4, -0.2) is 39.7 Å². The van der Waals surface area contributed by atoms with E-state index in [1.165, 1.54) is 6.33 Å². The number of nitrogens with one attached hydrogen (secondary N) is 3. The maximum absolute atomic E-state index is 12.6. The van der Waals surface area contributed by atoms with Crippen molar-refractivity contribution in [3.8, 4) is 5.69 Å². The number of anilines is 4. The molecule has 0 radical (unpaired) electrons. The SMILES string of the molecule is CCCCNS(=O)(=O)c1cccc(Nc2nc(Nc3ccc(-n4cncn4)cc3)ncc2C)c1. The first-order valence-corrected chi connectivity index (χ1v) is 12.4. The second kappa shape index (κ2) is 10.4. The Morgan fingerprint density at radius 2 is 1.85 bits per heavy atom. The molecule has 0 atom stereocenters. The molecule has 0 fully saturated rings.